The molecule has 196 valence electrons. The molecule has 1 aliphatic heterocycles. The summed E-state index contributed by atoms with van der Waals surface area (Å²) in [7, 11) is 1.65. The van der Waals surface area contributed by atoms with Crippen molar-refractivity contribution in [3.8, 4) is 28.1 Å². The van der Waals surface area contributed by atoms with Crippen LogP contribution in [0, 0.1) is 20.8 Å². The average molecular weight is 515 g/mol. The fourth-order valence-corrected chi connectivity index (χ4v) is 5.19. The van der Waals surface area contributed by atoms with Crippen molar-refractivity contribution in [1.82, 2.24) is 30.4 Å². The summed E-state index contributed by atoms with van der Waals surface area (Å²) in [5.74, 6) is 2.03. The number of aromatic nitrogens is 5. The smallest absolute Gasteiger partial charge is 0.268 e. The molecule has 3 N–H and O–H groups in total. The van der Waals surface area contributed by atoms with Crippen LogP contribution in [-0.4, -0.2) is 57.4 Å². The topological polar surface area (TPSA) is 131 Å². The van der Waals surface area contributed by atoms with Gasteiger partial charge in [-0.15, -0.1) is 0 Å². The summed E-state index contributed by atoms with van der Waals surface area (Å²) >= 11 is 0. The molecule has 0 bridgehead atoms. The second kappa shape index (κ2) is 8.98. The van der Waals surface area contributed by atoms with Crippen LogP contribution in [0.3, 0.4) is 0 Å². The molecule has 6 rings (SSSR count). The minimum absolute atomic E-state index is 0.0396. The van der Waals surface area contributed by atoms with Crippen molar-refractivity contribution in [1.29, 1.82) is 0 Å². The number of aromatic amines is 2. The minimum Gasteiger partial charge on any atom is -0.496 e. The molecule has 0 spiro atoms. The maximum atomic E-state index is 13.0. The minimum atomic E-state index is -0.154. The van der Waals surface area contributed by atoms with Gasteiger partial charge in [0.05, 0.1) is 48.7 Å². The highest BCUT2D eigenvalue weighted by molar-refractivity contribution is 6.14. The van der Waals surface area contributed by atoms with Crippen molar-refractivity contribution >= 4 is 27.8 Å². The van der Waals surface area contributed by atoms with Gasteiger partial charge in [-0.25, -0.2) is 9.97 Å². The van der Waals surface area contributed by atoms with Crippen molar-refractivity contribution in [3.05, 3.63) is 46.9 Å². The molecule has 1 amide bonds. The van der Waals surface area contributed by atoms with Crippen LogP contribution in [0.5, 0.6) is 5.75 Å². The van der Waals surface area contributed by atoms with E-state index in [1.54, 1.807) is 7.11 Å². The predicted molar refractivity (Wildman–Crippen MR) is 144 cm³/mol. The molecular formula is C28H30N6O4. The second-order valence-corrected chi connectivity index (χ2v) is 10.1. The maximum absolute atomic E-state index is 13.0. The fraction of sp³-hybridized carbons (Fsp3) is 0.357. The van der Waals surface area contributed by atoms with E-state index in [0.717, 1.165) is 55.8 Å². The molecule has 1 aliphatic rings. The predicted octanol–water partition coefficient (Wildman–Crippen LogP) is 4.95. The lowest BCUT2D eigenvalue weighted by molar-refractivity contribution is -0.00354. The van der Waals surface area contributed by atoms with Crippen LogP contribution in [-0.2, 0) is 4.74 Å². The van der Waals surface area contributed by atoms with E-state index in [0.29, 0.717) is 36.1 Å². The Labute approximate surface area is 219 Å². The number of amides is 1. The highest BCUT2D eigenvalue weighted by Gasteiger charge is 2.26. The number of benzene rings is 1. The number of fused-ring (bicyclic) bond motifs is 3. The normalized spacial score (nSPS) is 14.0. The Balaban J connectivity index is 1.57. The number of hydrogen-bond acceptors (Lipinski definition) is 7. The van der Waals surface area contributed by atoms with E-state index in [4.69, 9.17) is 24.0 Å². The molecule has 5 aromatic rings. The average Bonchev–Trinajstić information content (AvgIpc) is 3.54. The van der Waals surface area contributed by atoms with E-state index in [-0.39, 0.29) is 17.9 Å². The number of aryl methyl sites for hydroxylation is 3. The van der Waals surface area contributed by atoms with Gasteiger partial charge in [0.2, 0.25) is 0 Å². The van der Waals surface area contributed by atoms with Gasteiger partial charge in [-0.3, -0.25) is 4.79 Å². The summed E-state index contributed by atoms with van der Waals surface area (Å²) in [5, 5.41) is 8.93. The number of carbonyl (C=O) groups is 1. The fourth-order valence-electron chi connectivity index (χ4n) is 5.19. The van der Waals surface area contributed by atoms with Crippen LogP contribution in [0.4, 0.5) is 0 Å². The van der Waals surface area contributed by atoms with Gasteiger partial charge in [-0.1, -0.05) is 19.0 Å². The second-order valence-electron chi connectivity index (χ2n) is 10.1. The summed E-state index contributed by atoms with van der Waals surface area (Å²) < 4.78 is 16.5. The molecule has 0 saturated carbocycles. The third-order valence-electron chi connectivity index (χ3n) is 7.08. The van der Waals surface area contributed by atoms with Gasteiger partial charge < -0.3 is 29.3 Å². The zero-order valence-electron chi connectivity index (χ0n) is 22.3. The first-order valence-electron chi connectivity index (χ1n) is 12.7. The number of H-pyrrole nitrogens is 2. The lowest BCUT2D eigenvalue weighted by Gasteiger charge is -2.26. The van der Waals surface area contributed by atoms with Gasteiger partial charge in [0, 0.05) is 27.7 Å². The number of nitrogens with zero attached hydrogens (tertiary/aromatic N) is 3. The molecule has 0 radical (unpaired) electrons. The molecule has 5 heterocycles. The maximum Gasteiger partial charge on any atom is 0.268 e. The first-order chi connectivity index (χ1) is 18.2. The molecule has 0 atom stereocenters. The number of methoxy groups -OCH3 is 1. The quantitative estimate of drug-likeness (QED) is 0.292. The molecule has 10 nitrogen and oxygen atoms in total. The molecular weight excluding hydrogens is 484 g/mol. The van der Waals surface area contributed by atoms with Crippen molar-refractivity contribution in [2.24, 2.45) is 0 Å². The van der Waals surface area contributed by atoms with Crippen LogP contribution in [0.15, 0.2) is 22.7 Å². The van der Waals surface area contributed by atoms with Crippen molar-refractivity contribution < 1.29 is 18.8 Å². The molecule has 1 aromatic carbocycles. The van der Waals surface area contributed by atoms with E-state index >= 15 is 0 Å². The first kappa shape index (κ1) is 24.2. The Hall–Kier alpha value is -4.18. The summed E-state index contributed by atoms with van der Waals surface area (Å²) in [6.07, 6.45) is 0. The summed E-state index contributed by atoms with van der Waals surface area (Å²) in [5.41, 5.74) is 7.27. The number of nitrogens with one attached hydrogen (secondary N) is 3. The molecule has 38 heavy (non-hydrogen) atoms. The van der Waals surface area contributed by atoms with Crippen LogP contribution < -0.4 is 10.1 Å². The number of ether oxygens (including phenoxy) is 2. The van der Waals surface area contributed by atoms with Gasteiger partial charge in [0.15, 0.2) is 0 Å². The lowest BCUT2D eigenvalue weighted by atomic mass is 9.98. The monoisotopic (exact) mass is 514 g/mol. The zero-order valence-corrected chi connectivity index (χ0v) is 22.3. The largest absolute Gasteiger partial charge is 0.496 e. The molecule has 0 aliphatic carbocycles. The van der Waals surface area contributed by atoms with E-state index in [9.17, 15) is 4.79 Å². The Kier molecular flexibility index (Phi) is 5.71. The summed E-state index contributed by atoms with van der Waals surface area (Å²) in [6.45, 7) is 10.9. The van der Waals surface area contributed by atoms with Gasteiger partial charge in [-0.05, 0) is 44.9 Å². The van der Waals surface area contributed by atoms with Gasteiger partial charge in [0.1, 0.15) is 28.7 Å². The van der Waals surface area contributed by atoms with E-state index < -0.39 is 0 Å². The number of rotatable bonds is 6. The highest BCUT2D eigenvalue weighted by atomic mass is 16.5. The van der Waals surface area contributed by atoms with Crippen LogP contribution in [0.25, 0.3) is 44.3 Å². The molecule has 0 unspecified atom stereocenters. The third kappa shape index (κ3) is 3.83. The Morgan fingerprint density at radius 3 is 2.53 bits per heavy atom. The van der Waals surface area contributed by atoms with E-state index in [2.05, 4.69) is 34.3 Å². The van der Waals surface area contributed by atoms with Gasteiger partial charge in [-0.2, -0.15) is 0 Å². The molecule has 4 aromatic heterocycles. The molecule has 1 fully saturated rings. The zero-order chi connectivity index (χ0) is 26.7. The first-order valence-corrected chi connectivity index (χ1v) is 12.7. The van der Waals surface area contributed by atoms with Gasteiger partial charge >= 0.3 is 0 Å². The van der Waals surface area contributed by atoms with Gasteiger partial charge in [0.25, 0.3) is 5.91 Å². The number of carbonyl (C=O) groups excluding carboxylic acids is 1. The van der Waals surface area contributed by atoms with Crippen molar-refractivity contribution in [2.45, 2.75) is 46.6 Å². The van der Waals surface area contributed by atoms with E-state index in [1.165, 1.54) is 0 Å². The highest BCUT2D eigenvalue weighted by Crippen LogP contribution is 2.42. The summed E-state index contributed by atoms with van der Waals surface area (Å²) in [4.78, 5) is 29.4. The Morgan fingerprint density at radius 2 is 1.89 bits per heavy atom. The summed E-state index contributed by atoms with van der Waals surface area (Å²) in [6, 6.07) is 5.97. The molecule has 10 heteroatoms. The standard InChI is InChI=1S/C28H30N6O4/c1-12(2)25-19(8-21(32-25)28(35)31-16-10-37-11-16)26-24-17-9-22(36-6)18(23-13(3)34-38-14(23)4)7-20(17)33-27(24)30-15(5)29-26/h7-9,12,16,32H,10-11H2,1-6H3,(H,31,35)(H,29,30,33). The Bertz CT molecular complexity index is 1690. The number of hydrogen-bond donors (Lipinski definition) is 3. The Morgan fingerprint density at radius 1 is 1.11 bits per heavy atom. The van der Waals surface area contributed by atoms with Crippen LogP contribution >= 0.6 is 0 Å². The van der Waals surface area contributed by atoms with Crippen molar-refractivity contribution in [2.75, 3.05) is 20.3 Å². The molecule has 1 saturated heterocycles. The van der Waals surface area contributed by atoms with E-state index in [1.807, 2.05) is 39.0 Å². The van der Waals surface area contributed by atoms with Crippen molar-refractivity contribution in [3.63, 3.8) is 0 Å². The third-order valence-corrected chi connectivity index (χ3v) is 7.08. The SMILES string of the molecule is COc1cc2c(cc1-c1c(C)noc1C)[nH]c1nc(C)nc(-c3cc(C(=O)NC4COC4)[nH]c3C(C)C)c12. The van der Waals surface area contributed by atoms with Crippen LogP contribution in [0.1, 0.15) is 53.2 Å². The lowest BCUT2D eigenvalue weighted by Crippen LogP contribution is -2.48. The van der Waals surface area contributed by atoms with Crippen LogP contribution in [0.2, 0.25) is 0 Å².